The summed E-state index contributed by atoms with van der Waals surface area (Å²) < 4.78 is 59.8. The SMILES string of the molecule is CCOC(=O)c1nn(-c2cccc(Cl)c2)c2ccc(-c3ccc(F)c(C(F)(F)F)c3)cc12. The van der Waals surface area contributed by atoms with Gasteiger partial charge in [-0.1, -0.05) is 29.8 Å². The fraction of sp³-hybridized carbons (Fsp3) is 0.130. The summed E-state index contributed by atoms with van der Waals surface area (Å²) in [5.74, 6) is -2.03. The van der Waals surface area contributed by atoms with Crippen molar-refractivity contribution in [2.24, 2.45) is 0 Å². The zero-order valence-corrected chi connectivity index (χ0v) is 17.3. The van der Waals surface area contributed by atoms with Crippen LogP contribution in [0.15, 0.2) is 60.7 Å². The Morgan fingerprint density at radius 1 is 1.06 bits per heavy atom. The maximum Gasteiger partial charge on any atom is 0.419 e. The number of esters is 1. The summed E-state index contributed by atoms with van der Waals surface area (Å²) in [7, 11) is 0. The first kappa shape index (κ1) is 21.8. The normalized spacial score (nSPS) is 11.7. The smallest absolute Gasteiger partial charge is 0.419 e. The number of benzene rings is 3. The summed E-state index contributed by atoms with van der Waals surface area (Å²) in [6.07, 6.45) is -4.84. The fourth-order valence-electron chi connectivity index (χ4n) is 3.37. The molecule has 9 heteroatoms. The third-order valence-electron chi connectivity index (χ3n) is 4.81. The van der Waals surface area contributed by atoms with Crippen molar-refractivity contribution in [3.05, 3.63) is 82.8 Å². The molecular weight excluding hydrogens is 448 g/mol. The molecule has 3 aromatic carbocycles. The molecule has 0 aliphatic carbocycles. The van der Waals surface area contributed by atoms with Crippen LogP contribution in [0.3, 0.4) is 0 Å². The van der Waals surface area contributed by atoms with Crippen molar-refractivity contribution >= 4 is 28.5 Å². The van der Waals surface area contributed by atoms with Crippen molar-refractivity contribution in [2.45, 2.75) is 13.1 Å². The molecule has 0 spiro atoms. The Hall–Kier alpha value is -3.39. The molecule has 0 fully saturated rings. The molecule has 0 atom stereocenters. The summed E-state index contributed by atoms with van der Waals surface area (Å²) in [6.45, 7) is 1.77. The molecule has 1 aromatic heterocycles. The third kappa shape index (κ3) is 4.05. The van der Waals surface area contributed by atoms with Gasteiger partial charge in [0.05, 0.1) is 23.4 Å². The van der Waals surface area contributed by atoms with E-state index in [1.165, 1.54) is 16.8 Å². The number of halogens is 5. The van der Waals surface area contributed by atoms with Crippen LogP contribution in [0.25, 0.3) is 27.7 Å². The number of ether oxygens (including phenoxy) is 1. The lowest BCUT2D eigenvalue weighted by molar-refractivity contribution is -0.139. The number of carbonyl (C=O) groups is 1. The van der Waals surface area contributed by atoms with Crippen LogP contribution in [-0.2, 0) is 10.9 Å². The van der Waals surface area contributed by atoms with E-state index in [4.69, 9.17) is 16.3 Å². The van der Waals surface area contributed by atoms with Gasteiger partial charge in [0.2, 0.25) is 0 Å². The Kier molecular flexibility index (Phi) is 5.64. The number of alkyl halides is 3. The van der Waals surface area contributed by atoms with E-state index in [1.807, 2.05) is 0 Å². The molecule has 164 valence electrons. The summed E-state index contributed by atoms with van der Waals surface area (Å²) in [5, 5.41) is 5.21. The van der Waals surface area contributed by atoms with E-state index < -0.39 is 23.5 Å². The van der Waals surface area contributed by atoms with Crippen LogP contribution in [0, 0.1) is 5.82 Å². The van der Waals surface area contributed by atoms with Crippen LogP contribution in [0.5, 0.6) is 0 Å². The quantitative estimate of drug-likeness (QED) is 0.251. The van der Waals surface area contributed by atoms with Gasteiger partial charge >= 0.3 is 12.1 Å². The molecule has 0 unspecified atom stereocenters. The highest BCUT2D eigenvalue weighted by Crippen LogP contribution is 2.35. The van der Waals surface area contributed by atoms with Gasteiger partial charge in [-0.25, -0.2) is 13.9 Å². The van der Waals surface area contributed by atoms with Crippen LogP contribution >= 0.6 is 11.6 Å². The summed E-state index contributed by atoms with van der Waals surface area (Å²) >= 11 is 6.08. The van der Waals surface area contributed by atoms with E-state index in [-0.39, 0.29) is 17.9 Å². The topological polar surface area (TPSA) is 44.1 Å². The van der Waals surface area contributed by atoms with Gasteiger partial charge in [-0.05, 0) is 60.5 Å². The predicted molar refractivity (Wildman–Crippen MR) is 112 cm³/mol. The largest absolute Gasteiger partial charge is 0.461 e. The molecule has 4 nitrogen and oxygen atoms in total. The maximum atomic E-state index is 13.7. The first-order chi connectivity index (χ1) is 15.2. The monoisotopic (exact) mass is 462 g/mol. The minimum absolute atomic E-state index is 0.00170. The highest BCUT2D eigenvalue weighted by atomic mass is 35.5. The molecule has 0 saturated heterocycles. The van der Waals surface area contributed by atoms with Gasteiger partial charge in [-0.15, -0.1) is 0 Å². The van der Waals surface area contributed by atoms with Gasteiger partial charge < -0.3 is 4.74 Å². The second-order valence-corrected chi connectivity index (χ2v) is 7.32. The number of hydrogen-bond acceptors (Lipinski definition) is 3. The number of carbonyl (C=O) groups excluding carboxylic acids is 1. The molecule has 0 saturated carbocycles. The molecule has 0 aliphatic heterocycles. The van der Waals surface area contributed by atoms with Crippen LogP contribution < -0.4 is 0 Å². The third-order valence-corrected chi connectivity index (χ3v) is 5.04. The van der Waals surface area contributed by atoms with Crippen LogP contribution in [0.4, 0.5) is 17.6 Å². The molecule has 0 bridgehead atoms. The zero-order chi connectivity index (χ0) is 23.0. The zero-order valence-electron chi connectivity index (χ0n) is 16.6. The molecular formula is C23H15ClF4N2O2. The Balaban J connectivity index is 1.92. The lowest BCUT2D eigenvalue weighted by Gasteiger charge is -2.11. The highest BCUT2D eigenvalue weighted by Gasteiger charge is 2.34. The van der Waals surface area contributed by atoms with Gasteiger partial charge in [-0.3, -0.25) is 0 Å². The van der Waals surface area contributed by atoms with Gasteiger partial charge in [0.15, 0.2) is 5.69 Å². The average Bonchev–Trinajstić information content (AvgIpc) is 3.12. The second kappa shape index (κ2) is 8.27. The lowest BCUT2D eigenvalue weighted by Crippen LogP contribution is -2.08. The van der Waals surface area contributed by atoms with Crippen LogP contribution in [0.2, 0.25) is 5.02 Å². The number of aromatic nitrogens is 2. The van der Waals surface area contributed by atoms with Crippen molar-refractivity contribution < 1.29 is 27.1 Å². The van der Waals surface area contributed by atoms with E-state index in [2.05, 4.69) is 5.10 Å². The Labute approximate surface area is 185 Å². The molecule has 0 aliphatic rings. The molecule has 0 N–H and O–H groups in total. The average molecular weight is 463 g/mol. The Bertz CT molecular complexity index is 1330. The van der Waals surface area contributed by atoms with Gasteiger partial charge in [-0.2, -0.15) is 18.3 Å². The minimum atomic E-state index is -4.84. The summed E-state index contributed by atoms with van der Waals surface area (Å²) in [6, 6.07) is 14.3. The van der Waals surface area contributed by atoms with Gasteiger partial charge in [0.1, 0.15) is 5.82 Å². The van der Waals surface area contributed by atoms with E-state index >= 15 is 0 Å². The number of rotatable bonds is 4. The molecule has 0 radical (unpaired) electrons. The lowest BCUT2D eigenvalue weighted by atomic mass is 10.0. The van der Waals surface area contributed by atoms with Crippen LogP contribution in [0.1, 0.15) is 23.0 Å². The van der Waals surface area contributed by atoms with E-state index in [9.17, 15) is 22.4 Å². The second-order valence-electron chi connectivity index (χ2n) is 6.89. The Morgan fingerprint density at radius 3 is 2.47 bits per heavy atom. The van der Waals surface area contributed by atoms with Crippen LogP contribution in [-0.4, -0.2) is 22.4 Å². The van der Waals surface area contributed by atoms with Crippen molar-refractivity contribution in [3.63, 3.8) is 0 Å². The Morgan fingerprint density at radius 2 is 1.78 bits per heavy atom. The minimum Gasteiger partial charge on any atom is -0.461 e. The summed E-state index contributed by atoms with van der Waals surface area (Å²) in [5.41, 5.74) is 0.256. The summed E-state index contributed by atoms with van der Waals surface area (Å²) in [4.78, 5) is 12.5. The molecule has 32 heavy (non-hydrogen) atoms. The van der Waals surface area contributed by atoms with Crippen molar-refractivity contribution in [2.75, 3.05) is 6.61 Å². The molecule has 0 amide bonds. The fourth-order valence-corrected chi connectivity index (χ4v) is 3.56. The van der Waals surface area contributed by atoms with E-state index in [0.717, 1.165) is 12.1 Å². The van der Waals surface area contributed by atoms with Crippen molar-refractivity contribution in [1.82, 2.24) is 9.78 Å². The van der Waals surface area contributed by atoms with Crippen molar-refractivity contribution in [1.29, 1.82) is 0 Å². The molecule has 1 heterocycles. The first-order valence-electron chi connectivity index (χ1n) is 9.52. The number of nitrogens with zero attached hydrogens (tertiary/aromatic N) is 2. The van der Waals surface area contributed by atoms with Gasteiger partial charge in [0, 0.05) is 10.4 Å². The van der Waals surface area contributed by atoms with E-state index in [1.54, 1.807) is 43.3 Å². The maximum absolute atomic E-state index is 13.7. The van der Waals surface area contributed by atoms with Gasteiger partial charge in [0.25, 0.3) is 0 Å². The molecule has 4 rings (SSSR count). The number of hydrogen-bond donors (Lipinski definition) is 0. The standard InChI is InChI=1S/C23H15ClF4N2O2/c1-2-32-22(31)21-17-10-13(14-6-8-19(25)18(11-14)23(26,27)28)7-9-20(17)30(29-21)16-5-3-4-15(24)12-16/h3-12H,2H2,1H3. The number of fused-ring (bicyclic) bond motifs is 1. The first-order valence-corrected chi connectivity index (χ1v) is 9.90. The predicted octanol–water partition coefficient (Wildman–Crippen LogP) is 6.68. The van der Waals surface area contributed by atoms with Crippen molar-refractivity contribution in [3.8, 4) is 16.8 Å². The van der Waals surface area contributed by atoms with E-state index in [0.29, 0.717) is 27.2 Å². The highest BCUT2D eigenvalue weighted by molar-refractivity contribution is 6.30. The molecule has 4 aromatic rings.